The van der Waals surface area contributed by atoms with E-state index in [1.807, 2.05) is 20.8 Å². The number of nitrogens with zero attached hydrogens (tertiary/aromatic N) is 2. The lowest BCUT2D eigenvalue weighted by molar-refractivity contribution is 0.102. The third kappa shape index (κ3) is 4.64. The molecule has 28 heavy (non-hydrogen) atoms. The van der Waals surface area contributed by atoms with Crippen LogP contribution in [0.25, 0.3) is 0 Å². The van der Waals surface area contributed by atoms with Gasteiger partial charge in [-0.3, -0.25) is 4.79 Å². The van der Waals surface area contributed by atoms with Crippen molar-refractivity contribution >= 4 is 23.2 Å². The molecule has 6 nitrogen and oxygen atoms in total. The molecule has 0 atom stereocenters. The third-order valence-electron chi connectivity index (χ3n) is 4.28. The highest BCUT2D eigenvalue weighted by atomic mass is 35.5. The molecule has 3 aromatic rings. The number of carbonyl (C=O) groups excluding carboxylic acids is 1. The van der Waals surface area contributed by atoms with Gasteiger partial charge in [0.05, 0.1) is 0 Å². The highest BCUT2D eigenvalue weighted by Gasteiger charge is 2.15. The lowest BCUT2D eigenvalue weighted by Crippen LogP contribution is -2.15. The predicted octanol–water partition coefficient (Wildman–Crippen LogP) is 4.96. The Hall–Kier alpha value is -2.99. The first kappa shape index (κ1) is 19.8. The number of ether oxygens (including phenoxy) is 1. The number of phenolic OH excluding ortho intramolecular Hbond substituents is 1. The van der Waals surface area contributed by atoms with Crippen molar-refractivity contribution in [2.45, 2.75) is 33.4 Å². The summed E-state index contributed by atoms with van der Waals surface area (Å²) in [7, 11) is 0. The zero-order valence-electron chi connectivity index (χ0n) is 15.9. The molecule has 1 amide bonds. The molecule has 0 fully saturated rings. The minimum absolute atomic E-state index is 0.138. The SMILES string of the molecule is Cc1cc(O)c(C(C)C)cc1NC(=O)c1ccn(COc2cccc(Cl)c2)n1. The number of aromatic hydroxyl groups is 1. The number of aryl methyl sites for hydroxylation is 1. The highest BCUT2D eigenvalue weighted by Crippen LogP contribution is 2.31. The molecule has 0 radical (unpaired) electrons. The van der Waals surface area contributed by atoms with Crippen LogP contribution in [0.4, 0.5) is 5.69 Å². The van der Waals surface area contributed by atoms with Crippen LogP contribution >= 0.6 is 11.6 Å². The van der Waals surface area contributed by atoms with E-state index in [2.05, 4.69) is 10.4 Å². The van der Waals surface area contributed by atoms with E-state index in [-0.39, 0.29) is 30.0 Å². The molecule has 1 aromatic heterocycles. The summed E-state index contributed by atoms with van der Waals surface area (Å²) < 4.78 is 7.14. The topological polar surface area (TPSA) is 76.4 Å². The predicted molar refractivity (Wildman–Crippen MR) is 109 cm³/mol. The van der Waals surface area contributed by atoms with Gasteiger partial charge in [-0.2, -0.15) is 5.10 Å². The summed E-state index contributed by atoms with van der Waals surface area (Å²) in [6.07, 6.45) is 1.67. The van der Waals surface area contributed by atoms with Crippen LogP contribution in [0.15, 0.2) is 48.7 Å². The summed E-state index contributed by atoms with van der Waals surface area (Å²) in [4.78, 5) is 12.6. The molecule has 0 saturated heterocycles. The van der Waals surface area contributed by atoms with Gasteiger partial charge in [0.25, 0.3) is 5.91 Å². The summed E-state index contributed by atoms with van der Waals surface area (Å²) in [5.74, 6) is 0.659. The van der Waals surface area contributed by atoms with Crippen molar-refractivity contribution < 1.29 is 14.6 Å². The van der Waals surface area contributed by atoms with Crippen molar-refractivity contribution in [2.24, 2.45) is 0 Å². The van der Waals surface area contributed by atoms with Crippen LogP contribution in [0.2, 0.25) is 5.02 Å². The van der Waals surface area contributed by atoms with Crippen molar-refractivity contribution in [1.82, 2.24) is 9.78 Å². The molecule has 0 unspecified atom stereocenters. The zero-order chi connectivity index (χ0) is 20.3. The second-order valence-corrected chi connectivity index (χ2v) is 7.24. The molecule has 1 heterocycles. The van der Waals surface area contributed by atoms with Gasteiger partial charge in [0.1, 0.15) is 11.5 Å². The van der Waals surface area contributed by atoms with Crippen molar-refractivity contribution in [2.75, 3.05) is 5.32 Å². The Morgan fingerprint density at radius 1 is 1.29 bits per heavy atom. The fourth-order valence-corrected chi connectivity index (χ4v) is 2.93. The maximum absolute atomic E-state index is 12.6. The van der Waals surface area contributed by atoms with Gasteiger partial charge in [0.15, 0.2) is 12.4 Å². The maximum atomic E-state index is 12.6. The molecular formula is C21H22ClN3O3. The van der Waals surface area contributed by atoms with Crippen LogP contribution in [0.3, 0.4) is 0 Å². The van der Waals surface area contributed by atoms with Gasteiger partial charge in [0.2, 0.25) is 0 Å². The molecule has 146 valence electrons. The van der Waals surface area contributed by atoms with Crippen molar-refractivity contribution in [3.05, 3.63) is 70.5 Å². The number of rotatable bonds is 6. The van der Waals surface area contributed by atoms with Crippen LogP contribution in [0.1, 0.15) is 41.4 Å². The molecule has 0 aliphatic heterocycles. The minimum Gasteiger partial charge on any atom is -0.508 e. The standard InChI is InChI=1S/C21H22ClN3O3/c1-13(2)17-11-19(14(3)9-20(17)26)23-21(27)18-7-8-25(24-18)12-28-16-6-4-5-15(22)10-16/h4-11,13,26H,12H2,1-3H3,(H,23,27). The van der Waals surface area contributed by atoms with Crippen molar-refractivity contribution in [3.8, 4) is 11.5 Å². The molecule has 2 N–H and O–H groups in total. The van der Waals surface area contributed by atoms with E-state index in [0.29, 0.717) is 16.5 Å². The Balaban J connectivity index is 1.68. The number of aromatic nitrogens is 2. The fraction of sp³-hybridized carbons (Fsp3) is 0.238. The molecule has 0 aliphatic carbocycles. The number of halogens is 1. The monoisotopic (exact) mass is 399 g/mol. The van der Waals surface area contributed by atoms with Gasteiger partial charge in [-0.15, -0.1) is 0 Å². The summed E-state index contributed by atoms with van der Waals surface area (Å²) in [5, 5.41) is 17.8. The van der Waals surface area contributed by atoms with Gasteiger partial charge in [-0.1, -0.05) is 31.5 Å². The Morgan fingerprint density at radius 3 is 2.79 bits per heavy atom. The van der Waals surface area contributed by atoms with Crippen LogP contribution in [0, 0.1) is 6.92 Å². The summed E-state index contributed by atoms with van der Waals surface area (Å²) in [6, 6.07) is 12.1. The normalized spacial score (nSPS) is 10.9. The van der Waals surface area contributed by atoms with Crippen LogP contribution < -0.4 is 10.1 Å². The number of phenols is 1. The van der Waals surface area contributed by atoms with Gasteiger partial charge in [-0.25, -0.2) is 4.68 Å². The number of nitrogens with one attached hydrogen (secondary N) is 1. The molecule has 2 aromatic carbocycles. The summed E-state index contributed by atoms with van der Waals surface area (Å²) in [5.41, 5.74) is 2.48. The Morgan fingerprint density at radius 2 is 2.07 bits per heavy atom. The fourth-order valence-electron chi connectivity index (χ4n) is 2.75. The number of hydrogen-bond donors (Lipinski definition) is 2. The lowest BCUT2D eigenvalue weighted by atomic mass is 9.99. The molecule has 0 saturated carbocycles. The molecule has 0 aliphatic rings. The van der Waals surface area contributed by atoms with Gasteiger partial charge < -0.3 is 15.2 Å². The highest BCUT2D eigenvalue weighted by molar-refractivity contribution is 6.30. The van der Waals surface area contributed by atoms with E-state index in [9.17, 15) is 9.90 Å². The first-order chi connectivity index (χ1) is 13.3. The van der Waals surface area contributed by atoms with E-state index >= 15 is 0 Å². The van der Waals surface area contributed by atoms with Gasteiger partial charge >= 0.3 is 0 Å². The van der Waals surface area contributed by atoms with Gasteiger partial charge in [-0.05, 0) is 60.4 Å². The number of hydrogen-bond acceptors (Lipinski definition) is 4. The molecule has 7 heteroatoms. The van der Waals surface area contributed by atoms with E-state index in [4.69, 9.17) is 16.3 Å². The van der Waals surface area contributed by atoms with E-state index in [1.165, 1.54) is 4.68 Å². The van der Waals surface area contributed by atoms with Crippen molar-refractivity contribution in [1.29, 1.82) is 0 Å². The Bertz CT molecular complexity index is 998. The van der Waals surface area contributed by atoms with Crippen molar-refractivity contribution in [3.63, 3.8) is 0 Å². The average molecular weight is 400 g/mol. The minimum atomic E-state index is -0.329. The molecule has 0 spiro atoms. The van der Waals surface area contributed by atoms with Gasteiger partial charge in [0, 0.05) is 16.9 Å². The second kappa shape index (κ2) is 8.35. The quantitative estimate of drug-likeness (QED) is 0.574. The molecule has 0 bridgehead atoms. The zero-order valence-corrected chi connectivity index (χ0v) is 16.7. The van der Waals surface area contributed by atoms with E-state index in [1.54, 1.807) is 48.7 Å². The maximum Gasteiger partial charge on any atom is 0.276 e. The Labute approximate surface area is 168 Å². The largest absolute Gasteiger partial charge is 0.508 e. The second-order valence-electron chi connectivity index (χ2n) is 6.81. The third-order valence-corrected chi connectivity index (χ3v) is 4.51. The summed E-state index contributed by atoms with van der Waals surface area (Å²) >= 11 is 5.93. The van der Waals surface area contributed by atoms with Crippen LogP contribution in [-0.4, -0.2) is 20.8 Å². The first-order valence-corrected chi connectivity index (χ1v) is 9.28. The number of benzene rings is 2. The lowest BCUT2D eigenvalue weighted by Gasteiger charge is -2.14. The number of anilines is 1. The summed E-state index contributed by atoms with van der Waals surface area (Å²) in [6.45, 7) is 5.95. The molecule has 3 rings (SSSR count). The van der Waals surface area contributed by atoms with Crippen LogP contribution in [0.5, 0.6) is 11.5 Å². The van der Waals surface area contributed by atoms with Crippen LogP contribution in [-0.2, 0) is 6.73 Å². The molecular weight excluding hydrogens is 378 g/mol. The number of amides is 1. The van der Waals surface area contributed by atoms with E-state index < -0.39 is 0 Å². The average Bonchev–Trinajstić information content (AvgIpc) is 3.11. The number of carbonyl (C=O) groups is 1. The van der Waals surface area contributed by atoms with E-state index in [0.717, 1.165) is 11.1 Å². The first-order valence-electron chi connectivity index (χ1n) is 8.90. The Kier molecular flexibility index (Phi) is 5.90. The smallest absolute Gasteiger partial charge is 0.276 e.